The van der Waals surface area contributed by atoms with Crippen molar-refractivity contribution in [1.29, 1.82) is 0 Å². The Bertz CT molecular complexity index is 374. The summed E-state index contributed by atoms with van der Waals surface area (Å²) in [4.78, 5) is 19.9. The summed E-state index contributed by atoms with van der Waals surface area (Å²) in [5.74, 6) is 0.697. The molecule has 0 saturated heterocycles. The maximum atomic E-state index is 12.2. The molecule has 0 aliphatic heterocycles. The second kappa shape index (κ2) is 5.17. The van der Waals surface area contributed by atoms with Crippen molar-refractivity contribution in [3.8, 4) is 0 Å². The first-order valence-corrected chi connectivity index (χ1v) is 6.11. The van der Waals surface area contributed by atoms with E-state index < -0.39 is 0 Å². The molecule has 0 radical (unpaired) electrons. The van der Waals surface area contributed by atoms with Crippen LogP contribution < -0.4 is 4.90 Å². The van der Waals surface area contributed by atoms with Gasteiger partial charge < -0.3 is 4.90 Å². The van der Waals surface area contributed by atoms with Gasteiger partial charge in [0.05, 0.1) is 0 Å². The molecular formula is C13H19N3O. The van der Waals surface area contributed by atoms with Gasteiger partial charge in [0.2, 0.25) is 0 Å². The van der Waals surface area contributed by atoms with Crippen LogP contribution in [0.1, 0.15) is 25.7 Å². The number of anilines is 1. The summed E-state index contributed by atoms with van der Waals surface area (Å²) in [6.07, 6.45) is 6.41. The Hall–Kier alpha value is -1.58. The lowest BCUT2D eigenvalue weighted by molar-refractivity contribution is 0.199. The Balaban J connectivity index is 2.04. The number of amides is 2. The zero-order valence-electron chi connectivity index (χ0n) is 10.5. The zero-order valence-corrected chi connectivity index (χ0v) is 10.5. The van der Waals surface area contributed by atoms with E-state index in [-0.39, 0.29) is 6.03 Å². The number of hydrogen-bond acceptors (Lipinski definition) is 2. The van der Waals surface area contributed by atoms with Crippen LogP contribution in [-0.4, -0.2) is 36.1 Å². The van der Waals surface area contributed by atoms with E-state index in [9.17, 15) is 4.79 Å². The Kier molecular flexibility index (Phi) is 3.61. The average molecular weight is 233 g/mol. The Morgan fingerprint density at radius 1 is 1.29 bits per heavy atom. The van der Waals surface area contributed by atoms with Crippen LogP contribution in [-0.2, 0) is 0 Å². The summed E-state index contributed by atoms with van der Waals surface area (Å²) in [6, 6.07) is 6.01. The molecule has 4 heteroatoms. The molecule has 17 heavy (non-hydrogen) atoms. The molecule has 1 aliphatic rings. The molecule has 0 bridgehead atoms. The summed E-state index contributed by atoms with van der Waals surface area (Å²) >= 11 is 0. The van der Waals surface area contributed by atoms with Crippen LogP contribution in [0, 0.1) is 0 Å². The standard InChI is InChI=1S/C13H19N3O/c1-15(11-7-3-4-8-11)13(17)16(2)12-9-5-6-10-14-12/h5-6,9-11H,3-4,7-8H2,1-2H3. The third-order valence-electron chi connectivity index (χ3n) is 3.45. The predicted octanol–water partition coefficient (Wildman–Crippen LogP) is 2.51. The van der Waals surface area contributed by atoms with Gasteiger partial charge in [-0.2, -0.15) is 0 Å². The number of rotatable bonds is 2. The molecule has 1 aromatic rings. The van der Waals surface area contributed by atoms with Crippen molar-refractivity contribution < 1.29 is 4.79 Å². The Morgan fingerprint density at radius 2 is 2.00 bits per heavy atom. The number of pyridine rings is 1. The molecule has 1 heterocycles. The number of hydrogen-bond donors (Lipinski definition) is 0. The summed E-state index contributed by atoms with van der Waals surface area (Å²) in [6.45, 7) is 0. The van der Waals surface area contributed by atoms with Crippen LogP contribution in [0.15, 0.2) is 24.4 Å². The number of nitrogens with zero attached hydrogens (tertiary/aromatic N) is 3. The minimum absolute atomic E-state index is 0.0237. The van der Waals surface area contributed by atoms with Gasteiger partial charge in [-0.3, -0.25) is 4.90 Å². The molecule has 92 valence electrons. The molecule has 1 aliphatic carbocycles. The van der Waals surface area contributed by atoms with Gasteiger partial charge in [-0.1, -0.05) is 18.9 Å². The highest BCUT2D eigenvalue weighted by atomic mass is 16.2. The topological polar surface area (TPSA) is 36.4 Å². The number of carbonyl (C=O) groups excluding carboxylic acids is 1. The smallest absolute Gasteiger partial charge is 0.324 e. The molecule has 0 N–H and O–H groups in total. The minimum Gasteiger partial charge on any atom is -0.324 e. The van der Waals surface area contributed by atoms with Crippen molar-refractivity contribution in [3.05, 3.63) is 24.4 Å². The predicted molar refractivity (Wildman–Crippen MR) is 68.1 cm³/mol. The molecule has 0 unspecified atom stereocenters. The first-order valence-electron chi connectivity index (χ1n) is 6.11. The number of carbonyl (C=O) groups is 1. The lowest BCUT2D eigenvalue weighted by atomic mass is 10.2. The maximum absolute atomic E-state index is 12.2. The molecule has 1 aromatic heterocycles. The summed E-state index contributed by atoms with van der Waals surface area (Å²) in [5, 5.41) is 0. The summed E-state index contributed by atoms with van der Waals surface area (Å²) in [5.41, 5.74) is 0. The van der Waals surface area contributed by atoms with Crippen LogP contribution in [0.5, 0.6) is 0 Å². The third-order valence-corrected chi connectivity index (χ3v) is 3.45. The highest BCUT2D eigenvalue weighted by molar-refractivity contribution is 5.90. The van der Waals surface area contributed by atoms with E-state index in [1.165, 1.54) is 12.8 Å². The van der Waals surface area contributed by atoms with Crippen LogP contribution in [0.3, 0.4) is 0 Å². The largest absolute Gasteiger partial charge is 0.325 e. The number of aromatic nitrogens is 1. The molecular weight excluding hydrogens is 214 g/mol. The van der Waals surface area contributed by atoms with E-state index in [1.54, 1.807) is 18.1 Å². The van der Waals surface area contributed by atoms with E-state index in [0.717, 1.165) is 12.8 Å². The summed E-state index contributed by atoms with van der Waals surface area (Å²) in [7, 11) is 3.66. The minimum atomic E-state index is 0.0237. The SMILES string of the molecule is CN(C(=O)N(C)C1CCCC1)c1ccccn1. The van der Waals surface area contributed by atoms with Crippen molar-refractivity contribution in [2.45, 2.75) is 31.7 Å². The molecule has 0 atom stereocenters. The lowest BCUT2D eigenvalue weighted by Crippen LogP contribution is -2.43. The molecule has 0 spiro atoms. The lowest BCUT2D eigenvalue weighted by Gasteiger charge is -2.28. The van der Waals surface area contributed by atoms with Crippen LogP contribution in [0.4, 0.5) is 10.6 Å². The van der Waals surface area contributed by atoms with Crippen molar-refractivity contribution >= 4 is 11.8 Å². The monoisotopic (exact) mass is 233 g/mol. The van der Waals surface area contributed by atoms with Gasteiger partial charge >= 0.3 is 6.03 Å². The number of urea groups is 1. The van der Waals surface area contributed by atoms with Gasteiger partial charge in [-0.05, 0) is 25.0 Å². The van der Waals surface area contributed by atoms with Crippen molar-refractivity contribution in [3.63, 3.8) is 0 Å². The fraction of sp³-hybridized carbons (Fsp3) is 0.538. The van der Waals surface area contributed by atoms with Crippen LogP contribution in [0.25, 0.3) is 0 Å². The first kappa shape index (κ1) is 11.9. The van der Waals surface area contributed by atoms with Gasteiger partial charge in [-0.15, -0.1) is 0 Å². The van der Waals surface area contributed by atoms with Gasteiger partial charge in [0, 0.05) is 26.3 Å². The second-order valence-corrected chi connectivity index (χ2v) is 4.58. The molecule has 1 saturated carbocycles. The maximum Gasteiger partial charge on any atom is 0.325 e. The molecule has 4 nitrogen and oxygen atoms in total. The fourth-order valence-electron chi connectivity index (χ4n) is 2.33. The van der Waals surface area contributed by atoms with E-state index in [4.69, 9.17) is 0 Å². The normalized spacial score (nSPS) is 15.9. The van der Waals surface area contributed by atoms with Gasteiger partial charge in [0.25, 0.3) is 0 Å². The quantitative estimate of drug-likeness (QED) is 0.787. The van der Waals surface area contributed by atoms with Crippen LogP contribution in [0.2, 0.25) is 0 Å². The first-order chi connectivity index (χ1) is 8.20. The van der Waals surface area contributed by atoms with E-state index in [1.807, 2.05) is 30.1 Å². The van der Waals surface area contributed by atoms with Gasteiger partial charge in [0.1, 0.15) is 5.82 Å². The molecule has 2 rings (SSSR count). The fourth-order valence-corrected chi connectivity index (χ4v) is 2.33. The Labute approximate surface area is 102 Å². The van der Waals surface area contributed by atoms with E-state index in [0.29, 0.717) is 11.9 Å². The van der Waals surface area contributed by atoms with Gasteiger partial charge in [0.15, 0.2) is 0 Å². The molecule has 1 fully saturated rings. The van der Waals surface area contributed by atoms with Crippen molar-refractivity contribution in [2.24, 2.45) is 0 Å². The molecule has 0 aromatic carbocycles. The highest BCUT2D eigenvalue weighted by Gasteiger charge is 2.26. The van der Waals surface area contributed by atoms with E-state index >= 15 is 0 Å². The van der Waals surface area contributed by atoms with Crippen molar-refractivity contribution in [2.75, 3.05) is 19.0 Å². The Morgan fingerprint density at radius 3 is 2.59 bits per heavy atom. The highest BCUT2D eigenvalue weighted by Crippen LogP contribution is 2.23. The van der Waals surface area contributed by atoms with Crippen LogP contribution >= 0.6 is 0 Å². The van der Waals surface area contributed by atoms with E-state index in [2.05, 4.69) is 4.98 Å². The van der Waals surface area contributed by atoms with Crippen molar-refractivity contribution in [1.82, 2.24) is 9.88 Å². The third kappa shape index (κ3) is 2.57. The second-order valence-electron chi connectivity index (χ2n) is 4.58. The average Bonchev–Trinajstić information content (AvgIpc) is 2.91. The van der Waals surface area contributed by atoms with Gasteiger partial charge in [-0.25, -0.2) is 9.78 Å². The molecule has 2 amide bonds. The summed E-state index contributed by atoms with van der Waals surface area (Å²) < 4.78 is 0. The zero-order chi connectivity index (χ0) is 12.3.